The van der Waals surface area contributed by atoms with Crippen molar-refractivity contribution >= 4 is 18.1 Å². The van der Waals surface area contributed by atoms with E-state index in [1.165, 1.54) is 7.05 Å². The van der Waals surface area contributed by atoms with Gasteiger partial charge in [-0.1, -0.05) is 30.3 Å². The Morgan fingerprint density at radius 3 is 2.37 bits per heavy atom. The van der Waals surface area contributed by atoms with E-state index in [1.54, 1.807) is 20.8 Å². The molecular formula is C19H29N3O5. The van der Waals surface area contributed by atoms with Crippen molar-refractivity contribution in [2.45, 2.75) is 51.9 Å². The van der Waals surface area contributed by atoms with Gasteiger partial charge < -0.3 is 20.5 Å². The number of benzene rings is 1. The lowest BCUT2D eigenvalue weighted by molar-refractivity contribution is -0.130. The Kier molecular flexibility index (Phi) is 8.74. The van der Waals surface area contributed by atoms with Gasteiger partial charge in [0.05, 0.1) is 0 Å². The zero-order valence-electron chi connectivity index (χ0n) is 16.4. The Balaban J connectivity index is 2.68. The van der Waals surface area contributed by atoms with Crippen LogP contribution in [0.5, 0.6) is 0 Å². The molecule has 0 heterocycles. The highest BCUT2D eigenvalue weighted by Gasteiger charge is 2.29. The molecule has 0 radical (unpaired) electrons. The van der Waals surface area contributed by atoms with Crippen LogP contribution in [-0.2, 0) is 20.9 Å². The fourth-order valence-electron chi connectivity index (χ4n) is 2.17. The molecule has 0 aromatic heterocycles. The second kappa shape index (κ2) is 10.5. The number of hydrogen-bond acceptors (Lipinski definition) is 6. The number of likely N-dealkylation sites (N-methyl/N-ethyl adjacent to an activating group) is 1. The molecule has 1 aromatic carbocycles. The molecule has 0 aliphatic carbocycles. The lowest BCUT2D eigenvalue weighted by atomic mass is 10.1. The molecule has 8 heteroatoms. The summed E-state index contributed by atoms with van der Waals surface area (Å²) in [7, 11) is 1.31. The third-order valence-corrected chi connectivity index (χ3v) is 3.50. The van der Waals surface area contributed by atoms with E-state index in [2.05, 4.69) is 5.32 Å². The molecule has 1 aromatic rings. The maximum Gasteiger partial charge on any atom is 0.416 e. The van der Waals surface area contributed by atoms with Crippen molar-refractivity contribution in [2.75, 3.05) is 13.6 Å². The lowest BCUT2D eigenvalue weighted by Crippen LogP contribution is -2.50. The molecule has 1 rings (SSSR count). The molecule has 3 N–H and O–H groups in total. The summed E-state index contributed by atoms with van der Waals surface area (Å²) in [6.45, 7) is 5.55. The molecule has 8 nitrogen and oxygen atoms in total. The lowest BCUT2D eigenvalue weighted by Gasteiger charge is -2.25. The van der Waals surface area contributed by atoms with Gasteiger partial charge >= 0.3 is 12.2 Å². The van der Waals surface area contributed by atoms with Crippen LogP contribution in [0.2, 0.25) is 0 Å². The van der Waals surface area contributed by atoms with Crippen LogP contribution in [0.4, 0.5) is 9.59 Å². The van der Waals surface area contributed by atoms with E-state index in [0.29, 0.717) is 13.0 Å². The summed E-state index contributed by atoms with van der Waals surface area (Å²) in [6, 6.07) is 8.19. The molecule has 0 saturated carbocycles. The van der Waals surface area contributed by atoms with Gasteiger partial charge in [-0.3, -0.25) is 4.79 Å². The van der Waals surface area contributed by atoms with Gasteiger partial charge in [0.1, 0.15) is 18.2 Å². The Bertz CT molecular complexity index is 628. The maximum absolute atomic E-state index is 12.6. The number of rotatable bonds is 7. The Labute approximate surface area is 160 Å². The quantitative estimate of drug-likeness (QED) is 0.753. The van der Waals surface area contributed by atoms with Crippen LogP contribution in [0, 0.1) is 0 Å². The van der Waals surface area contributed by atoms with Crippen LogP contribution in [0.25, 0.3) is 0 Å². The Morgan fingerprint density at radius 2 is 1.81 bits per heavy atom. The number of imide groups is 1. The van der Waals surface area contributed by atoms with Crippen molar-refractivity contribution in [1.29, 1.82) is 0 Å². The molecule has 0 saturated heterocycles. The third kappa shape index (κ3) is 8.54. The van der Waals surface area contributed by atoms with Crippen LogP contribution < -0.4 is 11.1 Å². The van der Waals surface area contributed by atoms with Gasteiger partial charge in [0.25, 0.3) is 5.91 Å². The summed E-state index contributed by atoms with van der Waals surface area (Å²) in [5, 5.41) is 2.50. The minimum Gasteiger partial charge on any atom is -0.444 e. The second-order valence-electron chi connectivity index (χ2n) is 7.07. The summed E-state index contributed by atoms with van der Waals surface area (Å²) in [5.74, 6) is -0.590. The van der Waals surface area contributed by atoms with E-state index < -0.39 is 29.7 Å². The SMILES string of the molecule is CN(C(=O)OCc1ccccc1)C(=O)[C@H](CCCN)NC(=O)OC(C)(C)C. The molecule has 0 spiro atoms. The Hall–Kier alpha value is -2.61. The summed E-state index contributed by atoms with van der Waals surface area (Å²) in [5.41, 5.74) is 5.60. The van der Waals surface area contributed by atoms with Gasteiger partial charge in [0, 0.05) is 7.05 Å². The third-order valence-electron chi connectivity index (χ3n) is 3.50. The van der Waals surface area contributed by atoms with Crippen molar-refractivity contribution in [1.82, 2.24) is 10.2 Å². The molecule has 0 fully saturated rings. The summed E-state index contributed by atoms with van der Waals surface area (Å²) in [6.07, 6.45) is -0.749. The average Bonchev–Trinajstić information content (AvgIpc) is 2.61. The molecule has 1 atom stereocenters. The zero-order chi connectivity index (χ0) is 20.4. The van der Waals surface area contributed by atoms with Crippen LogP contribution in [0.1, 0.15) is 39.2 Å². The van der Waals surface area contributed by atoms with E-state index in [9.17, 15) is 14.4 Å². The molecule has 0 unspecified atom stereocenters. The van der Waals surface area contributed by atoms with E-state index in [4.69, 9.17) is 15.2 Å². The number of nitrogens with one attached hydrogen (secondary N) is 1. The van der Waals surface area contributed by atoms with Gasteiger partial charge in [0.2, 0.25) is 0 Å². The minimum atomic E-state index is -0.933. The predicted octanol–water partition coefficient (Wildman–Crippen LogP) is 2.41. The predicted molar refractivity (Wildman–Crippen MR) is 101 cm³/mol. The maximum atomic E-state index is 12.6. The largest absolute Gasteiger partial charge is 0.444 e. The van der Waals surface area contributed by atoms with E-state index in [1.807, 2.05) is 30.3 Å². The smallest absolute Gasteiger partial charge is 0.416 e. The molecule has 0 bridgehead atoms. The van der Waals surface area contributed by atoms with Gasteiger partial charge in [0.15, 0.2) is 0 Å². The first-order valence-electron chi connectivity index (χ1n) is 8.82. The summed E-state index contributed by atoms with van der Waals surface area (Å²) >= 11 is 0. The first-order chi connectivity index (χ1) is 12.6. The number of ether oxygens (including phenoxy) is 2. The van der Waals surface area contributed by atoms with Gasteiger partial charge in [-0.25, -0.2) is 14.5 Å². The van der Waals surface area contributed by atoms with Crippen LogP contribution >= 0.6 is 0 Å². The minimum absolute atomic E-state index is 0.0459. The standard InChI is InChI=1S/C19H29N3O5/c1-19(2,3)27-17(24)21-15(11-8-12-20)16(23)22(4)18(25)26-13-14-9-6-5-7-10-14/h5-7,9-10,15H,8,11-13,20H2,1-4H3,(H,21,24)/t15-/m0/s1. The van der Waals surface area contributed by atoms with Crippen LogP contribution in [0.15, 0.2) is 30.3 Å². The second-order valence-corrected chi connectivity index (χ2v) is 7.07. The number of amides is 3. The first-order valence-corrected chi connectivity index (χ1v) is 8.82. The van der Waals surface area contributed by atoms with Gasteiger partial charge in [-0.15, -0.1) is 0 Å². The highest BCUT2D eigenvalue weighted by atomic mass is 16.6. The number of carbonyl (C=O) groups excluding carboxylic acids is 3. The van der Waals surface area contributed by atoms with E-state index >= 15 is 0 Å². The summed E-state index contributed by atoms with van der Waals surface area (Å²) < 4.78 is 10.3. The summed E-state index contributed by atoms with van der Waals surface area (Å²) in [4.78, 5) is 37.6. The van der Waals surface area contributed by atoms with Crippen LogP contribution in [0.3, 0.4) is 0 Å². The topological polar surface area (TPSA) is 111 Å². The molecule has 150 valence electrons. The molecule has 0 aliphatic rings. The van der Waals surface area contributed by atoms with Gasteiger partial charge in [-0.2, -0.15) is 0 Å². The number of alkyl carbamates (subject to hydrolysis) is 1. The number of nitrogens with two attached hydrogens (primary N) is 1. The number of hydrogen-bond donors (Lipinski definition) is 2. The fraction of sp³-hybridized carbons (Fsp3) is 0.526. The van der Waals surface area contributed by atoms with Crippen molar-refractivity contribution in [3.05, 3.63) is 35.9 Å². The van der Waals surface area contributed by atoms with Crippen molar-refractivity contribution < 1.29 is 23.9 Å². The normalized spacial score (nSPS) is 12.0. The molecule has 27 heavy (non-hydrogen) atoms. The van der Waals surface area contributed by atoms with Crippen molar-refractivity contribution in [3.63, 3.8) is 0 Å². The zero-order valence-corrected chi connectivity index (χ0v) is 16.4. The van der Waals surface area contributed by atoms with Crippen LogP contribution in [-0.4, -0.2) is 48.2 Å². The highest BCUT2D eigenvalue weighted by Crippen LogP contribution is 2.10. The van der Waals surface area contributed by atoms with E-state index in [0.717, 1.165) is 10.5 Å². The molecule has 3 amide bonds. The van der Waals surface area contributed by atoms with Gasteiger partial charge in [-0.05, 0) is 45.7 Å². The number of carbonyl (C=O) groups is 3. The van der Waals surface area contributed by atoms with Crippen molar-refractivity contribution in [3.8, 4) is 0 Å². The Morgan fingerprint density at radius 1 is 1.19 bits per heavy atom. The fourth-order valence-corrected chi connectivity index (χ4v) is 2.17. The van der Waals surface area contributed by atoms with E-state index in [-0.39, 0.29) is 13.0 Å². The molecular weight excluding hydrogens is 350 g/mol. The number of nitrogens with zero attached hydrogens (tertiary/aromatic N) is 1. The molecule has 0 aliphatic heterocycles. The van der Waals surface area contributed by atoms with Crippen molar-refractivity contribution in [2.24, 2.45) is 5.73 Å². The first kappa shape index (κ1) is 22.4. The monoisotopic (exact) mass is 379 g/mol. The average molecular weight is 379 g/mol. The highest BCUT2D eigenvalue weighted by molar-refractivity contribution is 5.96.